The minimum Gasteiger partial charge on any atom is -0.468 e. The maximum absolute atomic E-state index is 12.3. The molecule has 1 N–H and O–H groups in total. The summed E-state index contributed by atoms with van der Waals surface area (Å²) in [6.45, 7) is 6.60. The van der Waals surface area contributed by atoms with Gasteiger partial charge in [0.2, 0.25) is 5.88 Å². The number of hydrogen-bond donors (Lipinski definition) is 1. The zero-order valence-corrected chi connectivity index (χ0v) is 13.7. The van der Waals surface area contributed by atoms with Crippen molar-refractivity contribution in [1.29, 1.82) is 0 Å². The minimum absolute atomic E-state index is 0.312. The first-order valence-corrected chi connectivity index (χ1v) is 7.29. The highest BCUT2D eigenvalue weighted by Gasteiger charge is 2.29. The van der Waals surface area contributed by atoms with E-state index in [0.29, 0.717) is 6.42 Å². The van der Waals surface area contributed by atoms with Crippen LogP contribution in [-0.4, -0.2) is 42.8 Å². The molecule has 0 saturated carbocycles. The molecule has 0 heterocycles. The third-order valence-electron chi connectivity index (χ3n) is 2.65. The zero-order chi connectivity index (χ0) is 19.5. The highest BCUT2D eigenvalue weighted by molar-refractivity contribution is 5.65. The Bertz CT molecular complexity index is 471. The van der Waals surface area contributed by atoms with Gasteiger partial charge in [-0.05, 0) is 12.5 Å². The van der Waals surface area contributed by atoms with E-state index in [4.69, 9.17) is 0 Å². The van der Waals surface area contributed by atoms with Gasteiger partial charge in [0.15, 0.2) is 6.61 Å². The molecule has 0 saturated heterocycles. The predicted octanol–water partition coefficient (Wildman–Crippen LogP) is 4.34. The summed E-state index contributed by atoms with van der Waals surface area (Å²) in [7, 11) is 0. The van der Waals surface area contributed by atoms with Gasteiger partial charge >= 0.3 is 12.4 Å². The smallest absolute Gasteiger partial charge is 0.422 e. The Hall–Kier alpha value is -1.97. The third-order valence-corrected chi connectivity index (χ3v) is 2.65. The van der Waals surface area contributed by atoms with Crippen molar-refractivity contribution in [1.82, 2.24) is 10.4 Å². The van der Waals surface area contributed by atoms with Gasteiger partial charge in [-0.25, -0.2) is 10.4 Å². The SMILES string of the molecule is C=C/C=C(\N=CC(CC)NN(C=C)CCC(F)(F)F)OCC(F)(F)F. The van der Waals surface area contributed by atoms with Crippen LogP contribution in [-0.2, 0) is 4.74 Å². The molecular weight excluding hydrogens is 352 g/mol. The molecule has 1 unspecified atom stereocenters. The Kier molecular flexibility index (Phi) is 9.95. The fourth-order valence-corrected chi connectivity index (χ4v) is 1.45. The van der Waals surface area contributed by atoms with Gasteiger partial charge in [-0.1, -0.05) is 26.2 Å². The van der Waals surface area contributed by atoms with Crippen molar-refractivity contribution >= 4 is 6.21 Å². The van der Waals surface area contributed by atoms with Crippen LogP contribution in [0.25, 0.3) is 0 Å². The van der Waals surface area contributed by atoms with Crippen molar-refractivity contribution in [2.45, 2.75) is 38.2 Å². The maximum atomic E-state index is 12.3. The van der Waals surface area contributed by atoms with E-state index in [2.05, 4.69) is 28.3 Å². The van der Waals surface area contributed by atoms with Gasteiger partial charge < -0.3 is 9.75 Å². The van der Waals surface area contributed by atoms with Crippen LogP contribution in [0.3, 0.4) is 0 Å². The lowest BCUT2D eigenvalue weighted by Crippen LogP contribution is -2.43. The molecule has 0 aromatic carbocycles. The Balaban J connectivity index is 4.79. The van der Waals surface area contributed by atoms with E-state index in [9.17, 15) is 26.3 Å². The van der Waals surface area contributed by atoms with Crippen LogP contribution in [0.15, 0.2) is 42.4 Å². The molecule has 0 aliphatic heterocycles. The van der Waals surface area contributed by atoms with Crippen LogP contribution in [0.1, 0.15) is 19.8 Å². The van der Waals surface area contributed by atoms with Gasteiger partial charge in [-0.2, -0.15) is 26.3 Å². The zero-order valence-electron chi connectivity index (χ0n) is 13.7. The van der Waals surface area contributed by atoms with Gasteiger partial charge in [0.25, 0.3) is 0 Å². The summed E-state index contributed by atoms with van der Waals surface area (Å²) in [5.74, 6) is -0.312. The fraction of sp³-hybridized carbons (Fsp3) is 0.533. The van der Waals surface area contributed by atoms with Crippen molar-refractivity contribution in [3.63, 3.8) is 0 Å². The van der Waals surface area contributed by atoms with Crippen LogP contribution >= 0.6 is 0 Å². The Morgan fingerprint density at radius 2 is 1.84 bits per heavy atom. The summed E-state index contributed by atoms with van der Waals surface area (Å²) >= 11 is 0. The van der Waals surface area contributed by atoms with E-state index in [1.807, 2.05) is 0 Å². The fourth-order valence-electron chi connectivity index (χ4n) is 1.45. The molecule has 144 valence electrons. The van der Waals surface area contributed by atoms with E-state index in [-0.39, 0.29) is 12.4 Å². The van der Waals surface area contributed by atoms with Crippen LogP contribution in [0.2, 0.25) is 0 Å². The predicted molar refractivity (Wildman–Crippen MR) is 83.6 cm³/mol. The number of aliphatic imine (C=N–C) groups is 1. The monoisotopic (exact) mass is 373 g/mol. The number of halogens is 6. The van der Waals surface area contributed by atoms with Crippen molar-refractivity contribution in [2.24, 2.45) is 4.99 Å². The number of hydrazine groups is 1. The first kappa shape index (κ1) is 23.0. The molecule has 0 aromatic rings. The molecular formula is C15H21F6N3O. The Labute approximate surface area is 142 Å². The van der Waals surface area contributed by atoms with Crippen LogP contribution in [0, 0.1) is 0 Å². The van der Waals surface area contributed by atoms with Gasteiger partial charge in [0.05, 0.1) is 12.5 Å². The lowest BCUT2D eigenvalue weighted by Gasteiger charge is -2.25. The molecule has 0 aliphatic carbocycles. The lowest BCUT2D eigenvalue weighted by atomic mass is 10.2. The molecule has 4 nitrogen and oxygen atoms in total. The van der Waals surface area contributed by atoms with Gasteiger partial charge in [-0.3, -0.25) is 0 Å². The van der Waals surface area contributed by atoms with E-state index >= 15 is 0 Å². The molecule has 0 fully saturated rings. The molecule has 0 aliphatic rings. The Morgan fingerprint density at radius 1 is 1.20 bits per heavy atom. The van der Waals surface area contributed by atoms with E-state index in [1.165, 1.54) is 18.5 Å². The first-order valence-electron chi connectivity index (χ1n) is 7.29. The summed E-state index contributed by atoms with van der Waals surface area (Å²) in [6.07, 6.45) is -4.69. The molecule has 0 aromatic heterocycles. The minimum atomic E-state index is -4.52. The summed E-state index contributed by atoms with van der Waals surface area (Å²) < 4.78 is 77.8. The number of rotatable bonds is 11. The second kappa shape index (κ2) is 10.8. The number of alkyl halides is 6. The number of nitrogens with one attached hydrogen (secondary N) is 1. The van der Waals surface area contributed by atoms with Crippen molar-refractivity contribution in [3.8, 4) is 0 Å². The second-order valence-electron chi connectivity index (χ2n) is 4.81. The molecule has 0 spiro atoms. The van der Waals surface area contributed by atoms with Crippen LogP contribution in [0.4, 0.5) is 26.3 Å². The molecule has 1 atom stereocenters. The van der Waals surface area contributed by atoms with Gasteiger partial charge in [-0.15, -0.1) is 0 Å². The van der Waals surface area contributed by atoms with Crippen LogP contribution in [0.5, 0.6) is 0 Å². The van der Waals surface area contributed by atoms with E-state index < -0.39 is 31.4 Å². The molecule has 25 heavy (non-hydrogen) atoms. The van der Waals surface area contributed by atoms with Crippen molar-refractivity contribution in [2.75, 3.05) is 13.2 Å². The van der Waals surface area contributed by atoms with Crippen LogP contribution < -0.4 is 5.43 Å². The maximum Gasteiger partial charge on any atom is 0.422 e. The highest BCUT2D eigenvalue weighted by Crippen LogP contribution is 2.19. The normalized spacial score (nSPS) is 14.4. The topological polar surface area (TPSA) is 36.9 Å². The number of allylic oxidation sites excluding steroid dienone is 2. The summed E-state index contributed by atoms with van der Waals surface area (Å²) in [6, 6.07) is -0.533. The number of nitrogens with zero attached hydrogens (tertiary/aromatic N) is 2. The molecule has 0 radical (unpaired) electrons. The van der Waals surface area contributed by atoms with Gasteiger partial charge in [0, 0.05) is 19.0 Å². The number of hydrogen-bond acceptors (Lipinski definition) is 4. The molecule has 10 heteroatoms. The van der Waals surface area contributed by atoms with Crippen molar-refractivity contribution < 1.29 is 31.1 Å². The third kappa shape index (κ3) is 13.0. The van der Waals surface area contributed by atoms with Gasteiger partial charge in [0.1, 0.15) is 0 Å². The first-order chi connectivity index (χ1) is 11.5. The summed E-state index contributed by atoms with van der Waals surface area (Å²) in [5, 5.41) is 1.14. The summed E-state index contributed by atoms with van der Waals surface area (Å²) in [4.78, 5) is 3.78. The standard InChI is InChI=1S/C15H21F6N3O/c1-4-7-13(25-11-15(19,20)21)22-10-12(5-2)23-24(6-3)9-8-14(16,17)18/h4,6-7,10,12,23H,1,3,5,8-9,11H2,2H3/b13-7+,22-10?. The van der Waals surface area contributed by atoms with E-state index in [1.54, 1.807) is 6.92 Å². The largest absolute Gasteiger partial charge is 0.468 e. The average Bonchev–Trinajstić information content (AvgIpc) is 2.50. The average molecular weight is 373 g/mol. The second-order valence-corrected chi connectivity index (χ2v) is 4.81. The molecule has 0 rings (SSSR count). The molecule has 0 amide bonds. The molecule has 0 bridgehead atoms. The number of ether oxygens (including phenoxy) is 1. The highest BCUT2D eigenvalue weighted by atomic mass is 19.4. The Morgan fingerprint density at radius 3 is 2.28 bits per heavy atom. The van der Waals surface area contributed by atoms with E-state index in [0.717, 1.165) is 11.1 Å². The lowest BCUT2D eigenvalue weighted by molar-refractivity contribution is -0.164. The van der Waals surface area contributed by atoms with Crippen molar-refractivity contribution in [3.05, 3.63) is 37.4 Å². The summed E-state index contributed by atoms with van der Waals surface area (Å²) in [5.41, 5.74) is 2.73. The quantitative estimate of drug-likeness (QED) is 0.192.